The Morgan fingerprint density at radius 3 is 2.33 bits per heavy atom. The lowest BCUT2D eigenvalue weighted by atomic mass is 10.1. The highest BCUT2D eigenvalue weighted by molar-refractivity contribution is 5.88. The van der Waals surface area contributed by atoms with Crippen molar-refractivity contribution in [2.45, 2.75) is 19.0 Å². The van der Waals surface area contributed by atoms with Crippen molar-refractivity contribution < 1.29 is 24.2 Å². The molecule has 1 aromatic carbocycles. The van der Waals surface area contributed by atoms with Gasteiger partial charge in [-0.2, -0.15) is 0 Å². The lowest BCUT2D eigenvalue weighted by Crippen LogP contribution is -2.51. The molecule has 4 N–H and O–H groups in total. The zero-order chi connectivity index (χ0) is 15.1. The van der Waals surface area contributed by atoms with Crippen LogP contribution >= 0.6 is 12.4 Å². The van der Waals surface area contributed by atoms with Crippen LogP contribution in [0.5, 0.6) is 5.75 Å². The van der Waals surface area contributed by atoms with E-state index >= 15 is 0 Å². The molecule has 0 unspecified atom stereocenters. The third-order valence-corrected chi connectivity index (χ3v) is 2.60. The van der Waals surface area contributed by atoms with Gasteiger partial charge in [0.1, 0.15) is 11.8 Å². The maximum Gasteiger partial charge on any atom is 0.330 e. The highest BCUT2D eigenvalue weighted by atomic mass is 35.5. The standard InChI is InChI=1S/C13H18N2O5.ClH/c1-3-20-13(18)11(10(14)12(16)17)15-8-4-6-9(19-2)7-5-8;/h4-7,10-11,15H,3,14H2,1-2H3,(H,16,17);1H/t10-,11+;/m0./s1. The van der Waals surface area contributed by atoms with Gasteiger partial charge in [0.25, 0.3) is 0 Å². The zero-order valence-electron chi connectivity index (χ0n) is 11.7. The van der Waals surface area contributed by atoms with Crippen LogP contribution in [0.4, 0.5) is 5.69 Å². The van der Waals surface area contributed by atoms with E-state index in [0.29, 0.717) is 11.4 Å². The molecule has 21 heavy (non-hydrogen) atoms. The second-order valence-electron chi connectivity index (χ2n) is 3.97. The summed E-state index contributed by atoms with van der Waals surface area (Å²) in [4.78, 5) is 22.7. The Morgan fingerprint density at radius 2 is 1.90 bits per heavy atom. The van der Waals surface area contributed by atoms with Crippen molar-refractivity contribution in [1.82, 2.24) is 0 Å². The molecule has 0 radical (unpaired) electrons. The van der Waals surface area contributed by atoms with E-state index in [1.54, 1.807) is 31.2 Å². The van der Waals surface area contributed by atoms with Gasteiger partial charge in [-0.05, 0) is 31.2 Å². The number of halogens is 1. The van der Waals surface area contributed by atoms with Gasteiger partial charge in [-0.3, -0.25) is 4.79 Å². The molecule has 0 amide bonds. The predicted octanol–water partition coefficient (Wildman–Crippen LogP) is 0.872. The number of aliphatic carboxylic acids is 1. The van der Waals surface area contributed by atoms with Crippen LogP contribution in [0.3, 0.4) is 0 Å². The first-order valence-corrected chi connectivity index (χ1v) is 6.05. The fraction of sp³-hybridized carbons (Fsp3) is 0.385. The highest BCUT2D eigenvalue weighted by Gasteiger charge is 2.31. The molecule has 0 aliphatic heterocycles. The summed E-state index contributed by atoms with van der Waals surface area (Å²) >= 11 is 0. The third kappa shape index (κ3) is 5.49. The van der Waals surface area contributed by atoms with Crippen molar-refractivity contribution in [3.63, 3.8) is 0 Å². The molecule has 8 heteroatoms. The van der Waals surface area contributed by atoms with Gasteiger partial charge in [-0.15, -0.1) is 12.4 Å². The summed E-state index contributed by atoms with van der Waals surface area (Å²) in [6.07, 6.45) is 0. The maximum absolute atomic E-state index is 11.8. The van der Waals surface area contributed by atoms with Gasteiger partial charge in [-0.1, -0.05) is 0 Å². The number of methoxy groups -OCH3 is 1. The van der Waals surface area contributed by atoms with Crippen LogP contribution in [0.25, 0.3) is 0 Å². The first-order chi connectivity index (χ1) is 9.49. The third-order valence-electron chi connectivity index (χ3n) is 2.60. The average Bonchev–Trinajstić information content (AvgIpc) is 2.44. The van der Waals surface area contributed by atoms with Crippen LogP contribution in [-0.2, 0) is 14.3 Å². The van der Waals surface area contributed by atoms with Crippen molar-refractivity contribution in [3.05, 3.63) is 24.3 Å². The van der Waals surface area contributed by atoms with Gasteiger partial charge in [0, 0.05) is 5.69 Å². The number of anilines is 1. The van der Waals surface area contributed by atoms with Gasteiger partial charge in [0.2, 0.25) is 0 Å². The number of benzene rings is 1. The Bertz CT molecular complexity index is 466. The minimum Gasteiger partial charge on any atom is -0.497 e. The second kappa shape index (κ2) is 9.04. The number of nitrogens with two attached hydrogens (primary N) is 1. The molecule has 0 saturated heterocycles. The Morgan fingerprint density at radius 1 is 1.33 bits per heavy atom. The quantitative estimate of drug-likeness (QED) is 0.640. The molecule has 1 aromatic rings. The van der Waals surface area contributed by atoms with E-state index in [4.69, 9.17) is 20.3 Å². The lowest BCUT2D eigenvalue weighted by Gasteiger charge is -2.21. The molecule has 1 rings (SSSR count). The fourth-order valence-electron chi connectivity index (χ4n) is 1.54. The van der Waals surface area contributed by atoms with Crippen LogP contribution in [0.1, 0.15) is 6.92 Å². The molecule has 0 fully saturated rings. The molecule has 0 aliphatic carbocycles. The van der Waals surface area contributed by atoms with E-state index in [-0.39, 0.29) is 19.0 Å². The van der Waals surface area contributed by atoms with Crippen molar-refractivity contribution in [3.8, 4) is 5.75 Å². The van der Waals surface area contributed by atoms with E-state index in [9.17, 15) is 9.59 Å². The molecule has 0 bridgehead atoms. The minimum absolute atomic E-state index is 0. The van der Waals surface area contributed by atoms with Crippen LogP contribution in [0, 0.1) is 0 Å². The number of carbonyl (C=O) groups is 2. The summed E-state index contributed by atoms with van der Waals surface area (Å²) in [6.45, 7) is 1.78. The zero-order valence-corrected chi connectivity index (χ0v) is 12.6. The van der Waals surface area contributed by atoms with Crippen molar-refractivity contribution >= 4 is 30.0 Å². The van der Waals surface area contributed by atoms with E-state index in [1.165, 1.54) is 7.11 Å². The summed E-state index contributed by atoms with van der Waals surface area (Å²) in [5.74, 6) is -1.35. The summed E-state index contributed by atoms with van der Waals surface area (Å²) in [5.41, 5.74) is 6.05. The van der Waals surface area contributed by atoms with Gasteiger partial charge in [-0.25, -0.2) is 4.79 Å². The summed E-state index contributed by atoms with van der Waals surface area (Å²) in [5, 5.41) is 11.7. The minimum atomic E-state index is -1.41. The van der Waals surface area contributed by atoms with Crippen LogP contribution in [0.15, 0.2) is 24.3 Å². The maximum atomic E-state index is 11.8. The van der Waals surface area contributed by atoms with E-state index < -0.39 is 24.0 Å². The first-order valence-electron chi connectivity index (χ1n) is 6.05. The smallest absolute Gasteiger partial charge is 0.330 e. The SMILES string of the molecule is CCOC(=O)[C@H](Nc1ccc(OC)cc1)[C@H](N)C(=O)O.Cl. The van der Waals surface area contributed by atoms with Crippen LogP contribution in [0.2, 0.25) is 0 Å². The van der Waals surface area contributed by atoms with Gasteiger partial charge >= 0.3 is 11.9 Å². The molecule has 2 atom stereocenters. The number of esters is 1. The highest BCUT2D eigenvalue weighted by Crippen LogP contribution is 2.16. The first kappa shape index (κ1) is 19.0. The fourth-order valence-corrected chi connectivity index (χ4v) is 1.54. The molecular weight excluding hydrogens is 300 g/mol. The number of carboxylic acids is 1. The number of hydrogen-bond donors (Lipinski definition) is 3. The van der Waals surface area contributed by atoms with Crippen LogP contribution in [-0.4, -0.2) is 42.8 Å². The monoisotopic (exact) mass is 318 g/mol. The van der Waals surface area contributed by atoms with E-state index in [1.807, 2.05) is 0 Å². The Kier molecular flexibility index (Phi) is 8.18. The number of carboxylic acid groups (broad SMARTS) is 1. The number of ether oxygens (including phenoxy) is 2. The second-order valence-corrected chi connectivity index (χ2v) is 3.97. The van der Waals surface area contributed by atoms with Gasteiger partial charge in [0.05, 0.1) is 13.7 Å². The van der Waals surface area contributed by atoms with E-state index in [2.05, 4.69) is 5.32 Å². The number of rotatable bonds is 7. The summed E-state index contributed by atoms with van der Waals surface area (Å²) in [7, 11) is 1.53. The van der Waals surface area contributed by atoms with E-state index in [0.717, 1.165) is 0 Å². The molecule has 0 aromatic heterocycles. The Hall–Kier alpha value is -1.99. The van der Waals surface area contributed by atoms with Crippen LogP contribution < -0.4 is 15.8 Å². The topological polar surface area (TPSA) is 111 Å². The molecule has 7 nitrogen and oxygen atoms in total. The molecule has 0 saturated carbocycles. The predicted molar refractivity (Wildman–Crippen MR) is 79.9 cm³/mol. The molecule has 0 heterocycles. The van der Waals surface area contributed by atoms with Gasteiger partial charge < -0.3 is 25.6 Å². The molecular formula is C13H19ClN2O5. The number of hydrogen-bond acceptors (Lipinski definition) is 6. The molecule has 118 valence electrons. The Balaban J connectivity index is 0.00000400. The van der Waals surface area contributed by atoms with Crippen molar-refractivity contribution in [2.24, 2.45) is 5.73 Å². The summed E-state index contributed by atoms with van der Waals surface area (Å²) < 4.78 is 9.83. The molecule has 0 spiro atoms. The normalized spacial score (nSPS) is 12.5. The Labute approximate surface area is 128 Å². The lowest BCUT2D eigenvalue weighted by molar-refractivity contribution is -0.149. The summed E-state index contributed by atoms with van der Waals surface area (Å²) in [6, 6.07) is 4.09. The van der Waals surface area contributed by atoms with Crippen molar-refractivity contribution in [2.75, 3.05) is 19.0 Å². The number of carbonyl (C=O) groups excluding carboxylic acids is 1. The van der Waals surface area contributed by atoms with Gasteiger partial charge in [0.15, 0.2) is 6.04 Å². The largest absolute Gasteiger partial charge is 0.497 e. The molecule has 0 aliphatic rings. The van der Waals surface area contributed by atoms with Crippen molar-refractivity contribution in [1.29, 1.82) is 0 Å². The number of nitrogens with one attached hydrogen (secondary N) is 1. The average molecular weight is 319 g/mol.